The van der Waals surface area contributed by atoms with Gasteiger partial charge < -0.3 is 9.15 Å². The van der Waals surface area contributed by atoms with Gasteiger partial charge in [0.25, 0.3) is 5.56 Å². The van der Waals surface area contributed by atoms with E-state index in [4.69, 9.17) is 9.15 Å². The molecule has 0 aliphatic rings. The van der Waals surface area contributed by atoms with Crippen LogP contribution in [0.1, 0.15) is 29.6 Å². The van der Waals surface area contributed by atoms with Crippen molar-refractivity contribution in [2.75, 3.05) is 0 Å². The van der Waals surface area contributed by atoms with E-state index in [-0.39, 0.29) is 17.9 Å². The van der Waals surface area contributed by atoms with E-state index in [2.05, 4.69) is 5.10 Å². The molecule has 0 saturated carbocycles. The number of aromatic nitrogens is 2. The number of esters is 1. The van der Waals surface area contributed by atoms with Crippen molar-refractivity contribution in [3.05, 3.63) is 64.3 Å². The molecule has 2 heterocycles. The quantitative estimate of drug-likeness (QED) is 0.677. The Hall–Kier alpha value is -2.89. The van der Waals surface area contributed by atoms with Crippen molar-refractivity contribution in [3.63, 3.8) is 0 Å². The highest BCUT2D eigenvalue weighted by Gasteiger charge is 2.12. The number of carbonyl (C=O) groups is 1. The maximum Gasteiger partial charge on any atom is 0.359 e. The van der Waals surface area contributed by atoms with Crippen LogP contribution >= 0.6 is 0 Å². The number of ether oxygens (including phenoxy) is 1. The minimum atomic E-state index is -0.588. The lowest BCUT2D eigenvalue weighted by molar-refractivity contribution is 0.0437. The summed E-state index contributed by atoms with van der Waals surface area (Å²) in [5.74, 6) is -0.0308. The number of hydrogen-bond acceptors (Lipinski definition) is 5. The van der Waals surface area contributed by atoms with Gasteiger partial charge in [0.15, 0.2) is 5.69 Å². The molecule has 0 unspecified atom stereocenters. The SMILES string of the molecule is CCCn1nc(C(=O)OCc2cc3ccccc3o2)ccc1=O. The van der Waals surface area contributed by atoms with Gasteiger partial charge in [-0.15, -0.1) is 0 Å². The summed E-state index contributed by atoms with van der Waals surface area (Å²) < 4.78 is 12.1. The average Bonchev–Trinajstić information content (AvgIpc) is 2.98. The fourth-order valence-corrected chi connectivity index (χ4v) is 2.25. The van der Waals surface area contributed by atoms with Gasteiger partial charge in [0.05, 0.1) is 0 Å². The van der Waals surface area contributed by atoms with Crippen LogP contribution in [0.5, 0.6) is 0 Å². The molecule has 6 heteroatoms. The van der Waals surface area contributed by atoms with Crippen LogP contribution in [-0.4, -0.2) is 15.7 Å². The van der Waals surface area contributed by atoms with E-state index in [9.17, 15) is 9.59 Å². The van der Waals surface area contributed by atoms with Gasteiger partial charge >= 0.3 is 5.97 Å². The van der Waals surface area contributed by atoms with Crippen LogP contribution in [0.2, 0.25) is 0 Å². The maximum absolute atomic E-state index is 12.1. The van der Waals surface area contributed by atoms with Crippen molar-refractivity contribution in [2.24, 2.45) is 0 Å². The first kappa shape index (κ1) is 15.0. The van der Waals surface area contributed by atoms with Gasteiger partial charge in [0.2, 0.25) is 0 Å². The predicted molar refractivity (Wildman–Crippen MR) is 84.1 cm³/mol. The van der Waals surface area contributed by atoms with Crippen LogP contribution < -0.4 is 5.56 Å². The molecule has 0 spiro atoms. The molecule has 0 aliphatic carbocycles. The lowest BCUT2D eigenvalue weighted by Crippen LogP contribution is -2.24. The zero-order chi connectivity index (χ0) is 16.2. The standard InChI is InChI=1S/C17H16N2O4/c1-2-9-19-16(20)8-7-14(18-19)17(21)22-11-13-10-12-5-3-4-6-15(12)23-13/h3-8,10H,2,9,11H2,1H3. The number of aryl methyl sites for hydroxylation is 1. The fraction of sp³-hybridized carbons (Fsp3) is 0.235. The van der Waals surface area contributed by atoms with Gasteiger partial charge in [-0.05, 0) is 24.6 Å². The molecular weight excluding hydrogens is 296 g/mol. The predicted octanol–water partition coefficient (Wildman–Crippen LogP) is 2.76. The Morgan fingerprint density at radius 2 is 2.09 bits per heavy atom. The minimum absolute atomic E-state index is 0.0160. The first-order valence-corrected chi connectivity index (χ1v) is 7.40. The van der Waals surface area contributed by atoms with Crippen LogP contribution in [0.4, 0.5) is 0 Å². The van der Waals surface area contributed by atoms with Gasteiger partial charge in [-0.3, -0.25) is 4.79 Å². The summed E-state index contributed by atoms with van der Waals surface area (Å²) in [7, 11) is 0. The number of furan rings is 1. The van der Waals surface area contributed by atoms with E-state index < -0.39 is 5.97 Å². The van der Waals surface area contributed by atoms with Crippen molar-refractivity contribution < 1.29 is 13.9 Å². The normalized spacial score (nSPS) is 10.8. The van der Waals surface area contributed by atoms with Gasteiger partial charge in [-0.1, -0.05) is 25.1 Å². The number of hydrogen-bond donors (Lipinski definition) is 0. The second-order valence-electron chi connectivity index (χ2n) is 5.11. The van der Waals surface area contributed by atoms with Gasteiger partial charge in [-0.25, -0.2) is 9.48 Å². The third-order valence-corrected chi connectivity index (χ3v) is 3.33. The Morgan fingerprint density at radius 3 is 2.87 bits per heavy atom. The Morgan fingerprint density at radius 1 is 1.26 bits per heavy atom. The topological polar surface area (TPSA) is 74.3 Å². The molecule has 0 saturated heterocycles. The molecule has 2 aromatic heterocycles. The summed E-state index contributed by atoms with van der Waals surface area (Å²) in [5.41, 5.74) is 0.614. The van der Waals surface area contributed by atoms with Crippen LogP contribution in [0.25, 0.3) is 11.0 Å². The molecule has 3 rings (SSSR count). The molecule has 6 nitrogen and oxygen atoms in total. The molecule has 0 fully saturated rings. The molecule has 23 heavy (non-hydrogen) atoms. The number of carbonyl (C=O) groups excluding carboxylic acids is 1. The summed E-state index contributed by atoms with van der Waals surface area (Å²) in [4.78, 5) is 23.7. The molecule has 0 bridgehead atoms. The molecule has 118 valence electrons. The van der Waals surface area contributed by atoms with Crippen molar-refractivity contribution >= 4 is 16.9 Å². The van der Waals surface area contributed by atoms with Crippen LogP contribution in [0, 0.1) is 0 Å². The minimum Gasteiger partial charge on any atom is -0.457 e. The summed E-state index contributed by atoms with van der Waals surface area (Å²) >= 11 is 0. The first-order chi connectivity index (χ1) is 11.2. The smallest absolute Gasteiger partial charge is 0.359 e. The number of rotatable bonds is 5. The molecule has 0 aliphatic heterocycles. The van der Waals surface area contributed by atoms with E-state index in [1.165, 1.54) is 16.8 Å². The lowest BCUT2D eigenvalue weighted by atomic mass is 10.2. The van der Waals surface area contributed by atoms with Crippen molar-refractivity contribution in [2.45, 2.75) is 26.5 Å². The highest BCUT2D eigenvalue weighted by molar-refractivity contribution is 5.87. The highest BCUT2D eigenvalue weighted by atomic mass is 16.5. The van der Waals surface area contributed by atoms with Crippen LogP contribution in [-0.2, 0) is 17.9 Å². The zero-order valence-corrected chi connectivity index (χ0v) is 12.7. The van der Waals surface area contributed by atoms with E-state index in [0.29, 0.717) is 12.3 Å². The third kappa shape index (κ3) is 3.31. The Bertz CT molecular complexity index is 862. The second kappa shape index (κ2) is 6.48. The third-order valence-electron chi connectivity index (χ3n) is 3.33. The van der Waals surface area contributed by atoms with Crippen molar-refractivity contribution in [1.29, 1.82) is 0 Å². The molecule has 0 radical (unpaired) electrons. The van der Waals surface area contributed by atoms with Gasteiger partial charge in [0, 0.05) is 18.0 Å². The van der Waals surface area contributed by atoms with Crippen LogP contribution in [0.3, 0.4) is 0 Å². The molecule has 0 amide bonds. The van der Waals surface area contributed by atoms with E-state index in [0.717, 1.165) is 17.4 Å². The van der Waals surface area contributed by atoms with E-state index >= 15 is 0 Å². The first-order valence-electron chi connectivity index (χ1n) is 7.40. The Balaban J connectivity index is 1.71. The van der Waals surface area contributed by atoms with E-state index in [1.54, 1.807) is 0 Å². The average molecular weight is 312 g/mol. The molecule has 3 aromatic rings. The number of benzene rings is 1. The number of para-hydroxylation sites is 1. The Kier molecular flexibility index (Phi) is 4.23. The largest absolute Gasteiger partial charge is 0.457 e. The summed E-state index contributed by atoms with van der Waals surface area (Å²) in [6, 6.07) is 12.1. The monoisotopic (exact) mass is 312 g/mol. The molecular formula is C17H16N2O4. The molecule has 0 atom stereocenters. The number of fused-ring (bicyclic) bond motifs is 1. The second-order valence-corrected chi connectivity index (χ2v) is 5.11. The maximum atomic E-state index is 12.1. The van der Waals surface area contributed by atoms with E-state index in [1.807, 2.05) is 37.3 Å². The molecule has 0 N–H and O–H groups in total. The van der Waals surface area contributed by atoms with Crippen molar-refractivity contribution in [1.82, 2.24) is 9.78 Å². The van der Waals surface area contributed by atoms with Gasteiger partial charge in [-0.2, -0.15) is 5.10 Å². The highest BCUT2D eigenvalue weighted by Crippen LogP contribution is 2.19. The lowest BCUT2D eigenvalue weighted by Gasteiger charge is -2.05. The summed E-state index contributed by atoms with van der Waals surface area (Å²) in [6.07, 6.45) is 0.754. The Labute approximate surface area is 132 Å². The van der Waals surface area contributed by atoms with Crippen molar-refractivity contribution in [3.8, 4) is 0 Å². The van der Waals surface area contributed by atoms with Crippen LogP contribution in [0.15, 0.2) is 51.7 Å². The summed E-state index contributed by atoms with van der Waals surface area (Å²) in [6.45, 7) is 2.41. The molecule has 1 aromatic carbocycles. The zero-order valence-electron chi connectivity index (χ0n) is 12.7. The fourth-order valence-electron chi connectivity index (χ4n) is 2.25. The number of nitrogens with zero attached hydrogens (tertiary/aromatic N) is 2. The summed E-state index contributed by atoms with van der Waals surface area (Å²) in [5, 5.41) is 4.97. The van der Waals surface area contributed by atoms with Gasteiger partial charge in [0.1, 0.15) is 18.0 Å².